The molecule has 3 amide bonds. The van der Waals surface area contributed by atoms with Gasteiger partial charge in [0.25, 0.3) is 0 Å². The maximum atomic E-state index is 12.4. The van der Waals surface area contributed by atoms with Crippen LogP contribution in [0.2, 0.25) is 0 Å². The molecule has 0 radical (unpaired) electrons. The Morgan fingerprint density at radius 2 is 2.17 bits per heavy atom. The Morgan fingerprint density at radius 3 is 2.88 bits per heavy atom. The Morgan fingerprint density at radius 1 is 1.38 bits per heavy atom. The summed E-state index contributed by atoms with van der Waals surface area (Å²) >= 11 is 0. The van der Waals surface area contributed by atoms with Crippen molar-refractivity contribution in [1.29, 1.82) is 0 Å². The zero-order chi connectivity index (χ0) is 17.5. The molecule has 0 saturated carbocycles. The number of carbonyl (C=O) groups excluding carboxylic acids is 2. The highest BCUT2D eigenvalue weighted by molar-refractivity contribution is 5.90. The topological polar surface area (TPSA) is 70.7 Å². The minimum Gasteiger partial charge on any atom is -0.497 e. The number of hydrogen-bond donors (Lipinski definition) is 2. The molecule has 1 aliphatic heterocycles. The number of hydrogen-bond acceptors (Lipinski definition) is 3. The molecule has 132 valence electrons. The van der Waals surface area contributed by atoms with Gasteiger partial charge in [-0.25, -0.2) is 4.79 Å². The van der Waals surface area contributed by atoms with Crippen LogP contribution in [0.3, 0.4) is 0 Å². The lowest BCUT2D eigenvalue weighted by atomic mass is 9.97. The van der Waals surface area contributed by atoms with Gasteiger partial charge in [0, 0.05) is 31.4 Å². The van der Waals surface area contributed by atoms with E-state index in [9.17, 15) is 9.59 Å². The van der Waals surface area contributed by atoms with Crippen molar-refractivity contribution in [1.82, 2.24) is 10.2 Å². The first-order chi connectivity index (χ1) is 11.5. The van der Waals surface area contributed by atoms with Crippen LogP contribution in [0.15, 0.2) is 24.3 Å². The van der Waals surface area contributed by atoms with Crippen LogP contribution in [-0.4, -0.2) is 43.6 Å². The summed E-state index contributed by atoms with van der Waals surface area (Å²) < 4.78 is 5.16. The van der Waals surface area contributed by atoms with Crippen LogP contribution in [0.4, 0.5) is 10.5 Å². The highest BCUT2D eigenvalue weighted by atomic mass is 16.5. The standard InChI is InChI=1S/C18H27N3O3/c1-13(2)11-19-17(22)14-6-5-9-21(12-14)18(23)20-15-7-4-8-16(10-15)24-3/h4,7-8,10,13-14H,5-6,9,11-12H2,1-3H3,(H,19,22)(H,20,23). The number of methoxy groups -OCH3 is 1. The molecule has 1 aliphatic rings. The molecule has 1 aromatic carbocycles. The average Bonchev–Trinajstić information content (AvgIpc) is 2.59. The third-order valence-corrected chi connectivity index (χ3v) is 4.08. The van der Waals surface area contributed by atoms with Gasteiger partial charge in [0.05, 0.1) is 13.0 Å². The predicted octanol–water partition coefficient (Wildman–Crippen LogP) is 2.71. The molecule has 0 bridgehead atoms. The summed E-state index contributed by atoms with van der Waals surface area (Å²) in [6, 6.07) is 7.06. The molecule has 24 heavy (non-hydrogen) atoms. The molecule has 1 atom stereocenters. The Bertz CT molecular complexity index is 574. The summed E-state index contributed by atoms with van der Waals surface area (Å²) in [5.74, 6) is 1.03. The largest absolute Gasteiger partial charge is 0.497 e. The van der Waals surface area contributed by atoms with E-state index in [0.717, 1.165) is 12.8 Å². The average molecular weight is 333 g/mol. The minimum absolute atomic E-state index is 0.0441. The lowest BCUT2D eigenvalue weighted by Crippen LogP contribution is -2.47. The number of rotatable bonds is 5. The molecule has 0 aliphatic carbocycles. The SMILES string of the molecule is COc1cccc(NC(=O)N2CCCC(C(=O)NCC(C)C)C2)c1. The monoisotopic (exact) mass is 333 g/mol. The highest BCUT2D eigenvalue weighted by Crippen LogP contribution is 2.20. The third-order valence-electron chi connectivity index (χ3n) is 4.08. The molecule has 1 heterocycles. The van der Waals surface area contributed by atoms with E-state index in [4.69, 9.17) is 4.74 Å². The number of benzene rings is 1. The Labute approximate surface area is 143 Å². The van der Waals surface area contributed by atoms with Crippen molar-refractivity contribution in [2.75, 3.05) is 32.1 Å². The van der Waals surface area contributed by atoms with Gasteiger partial charge in [0.2, 0.25) is 5.91 Å². The first-order valence-corrected chi connectivity index (χ1v) is 8.47. The van der Waals surface area contributed by atoms with Crippen LogP contribution in [-0.2, 0) is 4.79 Å². The molecule has 6 nitrogen and oxygen atoms in total. The molecule has 1 unspecified atom stereocenters. The first kappa shape index (κ1) is 18.1. The second kappa shape index (κ2) is 8.57. The van der Waals surface area contributed by atoms with Gasteiger partial charge >= 0.3 is 6.03 Å². The normalized spacial score (nSPS) is 17.5. The van der Waals surface area contributed by atoms with Crippen molar-refractivity contribution in [2.24, 2.45) is 11.8 Å². The van der Waals surface area contributed by atoms with E-state index in [1.54, 1.807) is 18.1 Å². The number of ether oxygens (including phenoxy) is 1. The number of urea groups is 1. The highest BCUT2D eigenvalue weighted by Gasteiger charge is 2.28. The zero-order valence-corrected chi connectivity index (χ0v) is 14.7. The molecular weight excluding hydrogens is 306 g/mol. The number of nitrogens with one attached hydrogen (secondary N) is 2. The van der Waals surface area contributed by atoms with Crippen LogP contribution in [0.25, 0.3) is 0 Å². The van der Waals surface area contributed by atoms with Gasteiger partial charge in [-0.3, -0.25) is 4.79 Å². The quantitative estimate of drug-likeness (QED) is 0.870. The van der Waals surface area contributed by atoms with E-state index in [1.165, 1.54) is 0 Å². The van der Waals surface area contributed by atoms with E-state index in [2.05, 4.69) is 24.5 Å². The molecule has 1 fully saturated rings. The third kappa shape index (κ3) is 5.15. The smallest absolute Gasteiger partial charge is 0.321 e. The zero-order valence-electron chi connectivity index (χ0n) is 14.7. The maximum Gasteiger partial charge on any atom is 0.321 e. The minimum atomic E-state index is -0.176. The second-order valence-corrected chi connectivity index (χ2v) is 6.59. The fourth-order valence-corrected chi connectivity index (χ4v) is 2.73. The first-order valence-electron chi connectivity index (χ1n) is 8.47. The molecule has 1 saturated heterocycles. The summed E-state index contributed by atoms with van der Waals surface area (Å²) in [7, 11) is 1.59. The van der Waals surface area contributed by atoms with Crippen molar-refractivity contribution in [3.63, 3.8) is 0 Å². The summed E-state index contributed by atoms with van der Waals surface area (Å²) in [5, 5.41) is 5.83. The van der Waals surface area contributed by atoms with E-state index in [-0.39, 0.29) is 17.9 Å². The summed E-state index contributed by atoms with van der Waals surface area (Å²) in [5.41, 5.74) is 0.686. The molecule has 2 rings (SSSR count). The van der Waals surface area contributed by atoms with Crippen LogP contribution >= 0.6 is 0 Å². The molecule has 2 N–H and O–H groups in total. The number of amides is 3. The Kier molecular flexibility index (Phi) is 6.46. The fourth-order valence-electron chi connectivity index (χ4n) is 2.73. The Balaban J connectivity index is 1.91. The lowest BCUT2D eigenvalue weighted by Gasteiger charge is -2.32. The molecule has 0 spiro atoms. The van der Waals surface area contributed by atoms with Gasteiger partial charge < -0.3 is 20.3 Å². The van der Waals surface area contributed by atoms with Crippen molar-refractivity contribution in [2.45, 2.75) is 26.7 Å². The van der Waals surface area contributed by atoms with Crippen molar-refractivity contribution >= 4 is 17.6 Å². The van der Waals surface area contributed by atoms with Crippen LogP contribution < -0.4 is 15.4 Å². The van der Waals surface area contributed by atoms with Crippen LogP contribution in [0.1, 0.15) is 26.7 Å². The van der Waals surface area contributed by atoms with E-state index in [1.807, 2.05) is 18.2 Å². The molecule has 1 aromatic rings. The number of carbonyl (C=O) groups is 2. The number of anilines is 1. The number of piperidine rings is 1. The predicted molar refractivity (Wildman–Crippen MR) is 94.2 cm³/mol. The van der Waals surface area contributed by atoms with Gasteiger partial charge in [-0.2, -0.15) is 0 Å². The summed E-state index contributed by atoms with van der Waals surface area (Å²) in [6.07, 6.45) is 1.66. The molecule has 0 aromatic heterocycles. The van der Waals surface area contributed by atoms with Crippen molar-refractivity contribution in [3.8, 4) is 5.75 Å². The van der Waals surface area contributed by atoms with Gasteiger partial charge in [0.1, 0.15) is 5.75 Å². The fraction of sp³-hybridized carbons (Fsp3) is 0.556. The second-order valence-electron chi connectivity index (χ2n) is 6.59. The van der Waals surface area contributed by atoms with Gasteiger partial charge in [0.15, 0.2) is 0 Å². The summed E-state index contributed by atoms with van der Waals surface area (Å²) in [4.78, 5) is 26.4. The number of likely N-dealkylation sites (tertiary alicyclic amines) is 1. The molecule has 6 heteroatoms. The van der Waals surface area contributed by atoms with Gasteiger partial charge in [-0.15, -0.1) is 0 Å². The van der Waals surface area contributed by atoms with Gasteiger partial charge in [-0.1, -0.05) is 19.9 Å². The van der Waals surface area contributed by atoms with Crippen molar-refractivity contribution in [3.05, 3.63) is 24.3 Å². The molecular formula is C18H27N3O3. The van der Waals surface area contributed by atoms with Crippen molar-refractivity contribution < 1.29 is 14.3 Å². The lowest BCUT2D eigenvalue weighted by molar-refractivity contribution is -0.126. The maximum absolute atomic E-state index is 12.4. The Hall–Kier alpha value is -2.24. The van der Waals surface area contributed by atoms with E-state index < -0.39 is 0 Å². The number of nitrogens with zero attached hydrogens (tertiary/aromatic N) is 1. The van der Waals surface area contributed by atoms with Crippen LogP contribution in [0, 0.1) is 11.8 Å². The van der Waals surface area contributed by atoms with E-state index in [0.29, 0.717) is 37.0 Å². The van der Waals surface area contributed by atoms with E-state index >= 15 is 0 Å². The van der Waals surface area contributed by atoms with Crippen LogP contribution in [0.5, 0.6) is 5.75 Å². The summed E-state index contributed by atoms with van der Waals surface area (Å²) in [6.45, 7) is 5.93. The van der Waals surface area contributed by atoms with Gasteiger partial charge in [-0.05, 0) is 30.9 Å².